The minimum atomic E-state index is 0.902. The van der Waals surface area contributed by atoms with Gasteiger partial charge >= 0.3 is 0 Å². The van der Waals surface area contributed by atoms with Gasteiger partial charge in [-0.15, -0.1) is 0 Å². The van der Waals surface area contributed by atoms with Crippen LogP contribution in [0.15, 0.2) is 48.5 Å². The topological polar surface area (TPSA) is 37.8 Å². The second-order valence-corrected chi connectivity index (χ2v) is 4.67. The Morgan fingerprint density at radius 3 is 2.37 bits per heavy atom. The summed E-state index contributed by atoms with van der Waals surface area (Å²) in [5.41, 5.74) is 5.14. The third-order valence-electron chi connectivity index (χ3n) is 3.16. The Kier molecular flexibility index (Phi) is 2.88. The molecule has 0 saturated heterocycles. The molecular formula is C16H15N3. The van der Waals surface area contributed by atoms with Crippen molar-refractivity contribution in [3.05, 3.63) is 59.8 Å². The molecule has 0 atom stereocenters. The standard InChI is InChI=1S/C16H15N3/c1-11-7-9-13(10-8-11)17-16-12(2)18-19-15-6-4-3-5-14(15)16/h3-10H,1-2H3,(H,17,19). The molecule has 0 aliphatic rings. The zero-order valence-corrected chi connectivity index (χ0v) is 11.0. The number of rotatable bonds is 2. The molecule has 3 heteroatoms. The molecule has 0 unspecified atom stereocenters. The van der Waals surface area contributed by atoms with Gasteiger partial charge in [-0.05, 0) is 32.0 Å². The van der Waals surface area contributed by atoms with Crippen molar-refractivity contribution >= 4 is 22.3 Å². The van der Waals surface area contributed by atoms with Crippen LogP contribution >= 0.6 is 0 Å². The lowest BCUT2D eigenvalue weighted by Crippen LogP contribution is -1.98. The smallest absolute Gasteiger partial charge is 0.0950 e. The molecule has 0 fully saturated rings. The van der Waals surface area contributed by atoms with Crippen molar-refractivity contribution < 1.29 is 0 Å². The van der Waals surface area contributed by atoms with Crippen molar-refractivity contribution in [1.29, 1.82) is 0 Å². The van der Waals surface area contributed by atoms with Gasteiger partial charge in [0.2, 0.25) is 0 Å². The summed E-state index contributed by atoms with van der Waals surface area (Å²) in [6, 6.07) is 16.4. The molecular weight excluding hydrogens is 234 g/mol. The van der Waals surface area contributed by atoms with Crippen LogP contribution in [-0.4, -0.2) is 10.2 Å². The average Bonchev–Trinajstić information content (AvgIpc) is 2.44. The Morgan fingerprint density at radius 1 is 0.842 bits per heavy atom. The summed E-state index contributed by atoms with van der Waals surface area (Å²) in [7, 11) is 0. The molecule has 0 aliphatic heterocycles. The molecule has 0 amide bonds. The van der Waals surface area contributed by atoms with Crippen molar-refractivity contribution in [3.63, 3.8) is 0 Å². The number of anilines is 2. The molecule has 94 valence electrons. The number of hydrogen-bond acceptors (Lipinski definition) is 3. The molecule has 0 saturated carbocycles. The summed E-state index contributed by atoms with van der Waals surface area (Å²) in [6.45, 7) is 4.05. The first-order valence-corrected chi connectivity index (χ1v) is 6.30. The Hall–Kier alpha value is -2.42. The summed E-state index contributed by atoms with van der Waals surface area (Å²) < 4.78 is 0. The van der Waals surface area contributed by atoms with E-state index in [1.165, 1.54) is 5.56 Å². The third-order valence-corrected chi connectivity index (χ3v) is 3.16. The lowest BCUT2D eigenvalue weighted by atomic mass is 10.1. The molecule has 3 nitrogen and oxygen atoms in total. The first-order chi connectivity index (χ1) is 9.24. The van der Waals surface area contributed by atoms with Gasteiger partial charge in [-0.1, -0.05) is 35.9 Å². The van der Waals surface area contributed by atoms with Crippen molar-refractivity contribution in [2.75, 3.05) is 5.32 Å². The van der Waals surface area contributed by atoms with E-state index in [1.807, 2.05) is 25.1 Å². The third kappa shape index (κ3) is 2.27. The lowest BCUT2D eigenvalue weighted by Gasteiger charge is -2.11. The Bertz CT molecular complexity index is 718. The summed E-state index contributed by atoms with van der Waals surface area (Å²) in [4.78, 5) is 0. The van der Waals surface area contributed by atoms with Crippen LogP contribution in [-0.2, 0) is 0 Å². The van der Waals surface area contributed by atoms with E-state index in [1.54, 1.807) is 0 Å². The van der Waals surface area contributed by atoms with Crippen molar-refractivity contribution in [3.8, 4) is 0 Å². The van der Waals surface area contributed by atoms with Crippen molar-refractivity contribution in [2.24, 2.45) is 0 Å². The molecule has 0 spiro atoms. The number of fused-ring (bicyclic) bond motifs is 1. The van der Waals surface area contributed by atoms with Gasteiger partial charge in [-0.2, -0.15) is 10.2 Å². The highest BCUT2D eigenvalue weighted by atomic mass is 15.1. The fraction of sp³-hybridized carbons (Fsp3) is 0.125. The summed E-state index contributed by atoms with van der Waals surface area (Å²) in [5, 5.41) is 12.9. The van der Waals surface area contributed by atoms with E-state index in [4.69, 9.17) is 0 Å². The highest BCUT2D eigenvalue weighted by Crippen LogP contribution is 2.27. The van der Waals surface area contributed by atoms with Gasteiger partial charge in [0.25, 0.3) is 0 Å². The van der Waals surface area contributed by atoms with Gasteiger partial charge in [-0.25, -0.2) is 0 Å². The van der Waals surface area contributed by atoms with Crippen LogP contribution in [0.5, 0.6) is 0 Å². The van der Waals surface area contributed by atoms with E-state index in [9.17, 15) is 0 Å². The van der Waals surface area contributed by atoms with E-state index in [2.05, 4.69) is 52.8 Å². The number of aryl methyl sites for hydroxylation is 2. The van der Waals surface area contributed by atoms with E-state index >= 15 is 0 Å². The Labute approximate surface area is 112 Å². The number of aromatic nitrogens is 2. The quantitative estimate of drug-likeness (QED) is 0.746. The van der Waals surface area contributed by atoms with Crippen LogP contribution in [0.1, 0.15) is 11.3 Å². The maximum Gasteiger partial charge on any atom is 0.0950 e. The van der Waals surface area contributed by atoms with Crippen molar-refractivity contribution in [2.45, 2.75) is 13.8 Å². The first kappa shape index (κ1) is 11.7. The zero-order chi connectivity index (χ0) is 13.2. The van der Waals surface area contributed by atoms with Gasteiger partial charge in [0.05, 0.1) is 16.9 Å². The molecule has 0 radical (unpaired) electrons. The minimum absolute atomic E-state index is 0.902. The number of nitrogens with zero attached hydrogens (tertiary/aromatic N) is 2. The molecule has 3 aromatic rings. The maximum atomic E-state index is 4.21. The number of benzene rings is 2. The molecule has 0 aliphatic carbocycles. The van der Waals surface area contributed by atoms with E-state index in [0.717, 1.165) is 28.0 Å². The van der Waals surface area contributed by atoms with Crippen molar-refractivity contribution in [1.82, 2.24) is 10.2 Å². The maximum absolute atomic E-state index is 4.21. The Balaban J connectivity index is 2.09. The first-order valence-electron chi connectivity index (χ1n) is 6.30. The zero-order valence-electron chi connectivity index (χ0n) is 11.0. The molecule has 0 bridgehead atoms. The summed E-state index contributed by atoms with van der Waals surface area (Å²) in [5.74, 6) is 0. The average molecular weight is 249 g/mol. The fourth-order valence-electron chi connectivity index (χ4n) is 2.09. The normalized spacial score (nSPS) is 10.6. The van der Waals surface area contributed by atoms with Crippen LogP contribution in [0.4, 0.5) is 11.4 Å². The molecule has 1 aromatic heterocycles. The minimum Gasteiger partial charge on any atom is -0.353 e. The molecule has 1 heterocycles. The molecule has 19 heavy (non-hydrogen) atoms. The van der Waals surface area contributed by atoms with Crippen LogP contribution in [0.2, 0.25) is 0 Å². The monoisotopic (exact) mass is 249 g/mol. The summed E-state index contributed by atoms with van der Waals surface area (Å²) in [6.07, 6.45) is 0. The van der Waals surface area contributed by atoms with Gasteiger partial charge < -0.3 is 5.32 Å². The highest BCUT2D eigenvalue weighted by molar-refractivity contribution is 5.93. The molecule has 2 aromatic carbocycles. The number of nitrogens with one attached hydrogen (secondary N) is 1. The Morgan fingerprint density at radius 2 is 1.58 bits per heavy atom. The van der Waals surface area contributed by atoms with Crippen LogP contribution < -0.4 is 5.32 Å². The predicted molar refractivity (Wildman–Crippen MR) is 78.7 cm³/mol. The second kappa shape index (κ2) is 4.69. The van der Waals surface area contributed by atoms with Gasteiger partial charge in [0.15, 0.2) is 0 Å². The highest BCUT2D eigenvalue weighted by Gasteiger charge is 2.07. The van der Waals surface area contributed by atoms with E-state index < -0.39 is 0 Å². The predicted octanol–water partition coefficient (Wildman–Crippen LogP) is 3.99. The van der Waals surface area contributed by atoms with Crippen LogP contribution in [0, 0.1) is 13.8 Å². The van der Waals surface area contributed by atoms with E-state index in [0.29, 0.717) is 0 Å². The van der Waals surface area contributed by atoms with Crippen LogP contribution in [0.25, 0.3) is 10.9 Å². The molecule has 3 rings (SSSR count). The molecule has 1 N–H and O–H groups in total. The lowest BCUT2D eigenvalue weighted by molar-refractivity contribution is 1.02. The SMILES string of the molecule is Cc1ccc(Nc2c(C)nnc3ccccc23)cc1. The van der Waals surface area contributed by atoms with Crippen LogP contribution in [0.3, 0.4) is 0 Å². The summed E-state index contributed by atoms with van der Waals surface area (Å²) >= 11 is 0. The fourth-order valence-corrected chi connectivity index (χ4v) is 2.09. The van der Waals surface area contributed by atoms with Gasteiger partial charge in [-0.3, -0.25) is 0 Å². The number of hydrogen-bond donors (Lipinski definition) is 1. The largest absolute Gasteiger partial charge is 0.353 e. The van der Waals surface area contributed by atoms with Gasteiger partial charge in [0.1, 0.15) is 0 Å². The van der Waals surface area contributed by atoms with Gasteiger partial charge in [0, 0.05) is 11.1 Å². The second-order valence-electron chi connectivity index (χ2n) is 4.67. The van der Waals surface area contributed by atoms with E-state index in [-0.39, 0.29) is 0 Å².